The molecule has 0 aromatic heterocycles. The fourth-order valence-corrected chi connectivity index (χ4v) is 2.28. The molecule has 0 radical (unpaired) electrons. The molecule has 2 aromatic rings. The lowest BCUT2D eigenvalue weighted by molar-refractivity contribution is -0.122. The highest BCUT2D eigenvalue weighted by atomic mass is 19.1. The van der Waals surface area contributed by atoms with Crippen molar-refractivity contribution in [3.63, 3.8) is 0 Å². The van der Waals surface area contributed by atoms with Crippen molar-refractivity contribution in [3.05, 3.63) is 70.8 Å². The van der Waals surface area contributed by atoms with Crippen molar-refractivity contribution in [2.75, 3.05) is 0 Å². The van der Waals surface area contributed by atoms with Crippen LogP contribution in [0.3, 0.4) is 0 Å². The van der Waals surface area contributed by atoms with Crippen LogP contribution in [0, 0.1) is 18.6 Å². The first-order chi connectivity index (χ1) is 9.80. The Kier molecular flexibility index (Phi) is 4.21. The highest BCUT2D eigenvalue weighted by molar-refractivity contribution is 5.91. The smallest absolute Gasteiger partial charge is 0.147 e. The summed E-state index contributed by atoms with van der Waals surface area (Å²) in [6.07, 6.45) is 0.233. The molecule has 0 aliphatic carbocycles. The first kappa shape index (κ1) is 15.4. The van der Waals surface area contributed by atoms with E-state index < -0.39 is 5.41 Å². The molecule has 110 valence electrons. The summed E-state index contributed by atoms with van der Waals surface area (Å²) >= 11 is 0. The van der Waals surface area contributed by atoms with Crippen LogP contribution < -0.4 is 0 Å². The Morgan fingerprint density at radius 2 is 1.57 bits per heavy atom. The van der Waals surface area contributed by atoms with E-state index in [1.165, 1.54) is 24.3 Å². The molecule has 1 nitrogen and oxygen atoms in total. The van der Waals surface area contributed by atoms with Crippen molar-refractivity contribution in [2.24, 2.45) is 0 Å². The number of halogens is 2. The summed E-state index contributed by atoms with van der Waals surface area (Å²) in [7, 11) is 0. The Labute approximate surface area is 123 Å². The summed E-state index contributed by atoms with van der Waals surface area (Å²) in [5.41, 5.74) is 1.64. The second kappa shape index (κ2) is 5.76. The molecule has 0 N–H and O–H groups in total. The number of benzene rings is 2. The van der Waals surface area contributed by atoms with Gasteiger partial charge in [0.2, 0.25) is 0 Å². The molecular formula is C18H18F2O. The van der Waals surface area contributed by atoms with Gasteiger partial charge in [0.25, 0.3) is 0 Å². The van der Waals surface area contributed by atoms with Crippen LogP contribution in [0.25, 0.3) is 0 Å². The van der Waals surface area contributed by atoms with Gasteiger partial charge in [0.1, 0.15) is 17.4 Å². The van der Waals surface area contributed by atoms with Gasteiger partial charge in [-0.25, -0.2) is 8.78 Å². The average Bonchev–Trinajstić information content (AvgIpc) is 2.42. The number of carbonyl (C=O) groups is 1. The van der Waals surface area contributed by atoms with Gasteiger partial charge in [-0.15, -0.1) is 0 Å². The number of aryl methyl sites for hydroxylation is 1. The number of rotatable bonds is 4. The molecule has 0 amide bonds. The molecule has 2 rings (SSSR count). The quantitative estimate of drug-likeness (QED) is 0.817. The Bertz CT molecular complexity index is 657. The van der Waals surface area contributed by atoms with Gasteiger partial charge in [0.05, 0.1) is 0 Å². The zero-order valence-corrected chi connectivity index (χ0v) is 12.4. The topological polar surface area (TPSA) is 17.1 Å². The van der Waals surface area contributed by atoms with Gasteiger partial charge in [0, 0.05) is 11.8 Å². The highest BCUT2D eigenvalue weighted by Crippen LogP contribution is 2.26. The minimum Gasteiger partial charge on any atom is -0.298 e. The highest BCUT2D eigenvalue weighted by Gasteiger charge is 2.29. The van der Waals surface area contributed by atoms with E-state index in [1.807, 2.05) is 13.8 Å². The van der Waals surface area contributed by atoms with Gasteiger partial charge in [-0.05, 0) is 61.7 Å². The zero-order valence-electron chi connectivity index (χ0n) is 12.4. The normalized spacial score (nSPS) is 11.5. The summed E-state index contributed by atoms with van der Waals surface area (Å²) < 4.78 is 26.1. The van der Waals surface area contributed by atoms with Crippen molar-refractivity contribution >= 4 is 5.78 Å². The van der Waals surface area contributed by atoms with E-state index in [1.54, 1.807) is 25.1 Å². The predicted octanol–water partition coefficient (Wildman–Crippen LogP) is 4.36. The fourth-order valence-electron chi connectivity index (χ4n) is 2.28. The van der Waals surface area contributed by atoms with Crippen molar-refractivity contribution in [1.29, 1.82) is 0 Å². The Balaban J connectivity index is 2.24. The Morgan fingerprint density at radius 3 is 2.14 bits per heavy atom. The Morgan fingerprint density at radius 1 is 1.00 bits per heavy atom. The van der Waals surface area contributed by atoms with Crippen molar-refractivity contribution in [2.45, 2.75) is 32.6 Å². The van der Waals surface area contributed by atoms with E-state index in [0.717, 1.165) is 16.7 Å². The third-order valence-electron chi connectivity index (χ3n) is 3.92. The molecule has 0 unspecified atom stereocenters. The maximum absolute atomic E-state index is 13.1. The van der Waals surface area contributed by atoms with Crippen LogP contribution in [0.4, 0.5) is 8.78 Å². The minimum absolute atomic E-state index is 0.0174. The summed E-state index contributed by atoms with van der Waals surface area (Å²) in [4.78, 5) is 12.6. The number of hydrogen-bond acceptors (Lipinski definition) is 1. The molecule has 0 aliphatic heterocycles. The van der Waals surface area contributed by atoms with Crippen LogP contribution in [0.1, 0.15) is 30.5 Å². The molecular weight excluding hydrogens is 270 g/mol. The van der Waals surface area contributed by atoms with Crippen LogP contribution in [-0.4, -0.2) is 5.78 Å². The van der Waals surface area contributed by atoms with Gasteiger partial charge in [-0.1, -0.05) is 18.2 Å². The van der Waals surface area contributed by atoms with Crippen LogP contribution in [0.15, 0.2) is 42.5 Å². The molecule has 0 aliphatic rings. The maximum Gasteiger partial charge on any atom is 0.147 e. The third-order valence-corrected chi connectivity index (χ3v) is 3.92. The first-order valence-electron chi connectivity index (χ1n) is 6.85. The number of carbonyl (C=O) groups excluding carboxylic acids is 1. The van der Waals surface area contributed by atoms with Crippen LogP contribution >= 0.6 is 0 Å². The van der Waals surface area contributed by atoms with E-state index in [-0.39, 0.29) is 23.8 Å². The molecule has 3 heteroatoms. The van der Waals surface area contributed by atoms with Gasteiger partial charge in [0.15, 0.2) is 0 Å². The standard InChI is InChI=1S/C18H18F2O/c1-12-10-16(20)7-4-13(12)11-17(21)18(2,3)14-5-8-15(19)9-6-14/h4-10H,11H2,1-3H3. The lowest BCUT2D eigenvalue weighted by atomic mass is 9.78. The largest absolute Gasteiger partial charge is 0.298 e. The van der Waals surface area contributed by atoms with Gasteiger partial charge in [-0.2, -0.15) is 0 Å². The lowest BCUT2D eigenvalue weighted by Crippen LogP contribution is -2.30. The second-order valence-corrected chi connectivity index (χ2v) is 5.80. The van der Waals surface area contributed by atoms with E-state index in [4.69, 9.17) is 0 Å². The predicted molar refractivity (Wildman–Crippen MR) is 79.3 cm³/mol. The van der Waals surface area contributed by atoms with E-state index in [2.05, 4.69) is 0 Å². The molecule has 0 saturated heterocycles. The summed E-state index contributed by atoms with van der Waals surface area (Å²) in [5, 5.41) is 0. The van der Waals surface area contributed by atoms with Crippen molar-refractivity contribution in [3.8, 4) is 0 Å². The third kappa shape index (κ3) is 3.35. The van der Waals surface area contributed by atoms with Crippen molar-refractivity contribution in [1.82, 2.24) is 0 Å². The fraction of sp³-hybridized carbons (Fsp3) is 0.278. The monoisotopic (exact) mass is 288 g/mol. The van der Waals surface area contributed by atoms with Crippen LogP contribution in [-0.2, 0) is 16.6 Å². The molecule has 0 atom stereocenters. The van der Waals surface area contributed by atoms with Gasteiger partial charge in [-0.3, -0.25) is 4.79 Å². The van der Waals surface area contributed by atoms with E-state index in [9.17, 15) is 13.6 Å². The molecule has 0 spiro atoms. The van der Waals surface area contributed by atoms with E-state index in [0.29, 0.717) is 0 Å². The molecule has 0 bridgehead atoms. The zero-order chi connectivity index (χ0) is 15.6. The van der Waals surface area contributed by atoms with Crippen LogP contribution in [0.5, 0.6) is 0 Å². The van der Waals surface area contributed by atoms with Crippen molar-refractivity contribution < 1.29 is 13.6 Å². The maximum atomic E-state index is 13.1. The minimum atomic E-state index is -0.714. The lowest BCUT2D eigenvalue weighted by Gasteiger charge is -2.24. The molecule has 0 fully saturated rings. The summed E-state index contributed by atoms with van der Waals surface area (Å²) in [5.74, 6) is -0.610. The SMILES string of the molecule is Cc1cc(F)ccc1CC(=O)C(C)(C)c1ccc(F)cc1. The molecule has 0 saturated carbocycles. The summed E-state index contributed by atoms with van der Waals surface area (Å²) in [6, 6.07) is 10.4. The molecule has 2 aromatic carbocycles. The first-order valence-corrected chi connectivity index (χ1v) is 6.85. The molecule has 0 heterocycles. The second-order valence-electron chi connectivity index (χ2n) is 5.80. The number of ketones is 1. The number of hydrogen-bond donors (Lipinski definition) is 0. The van der Waals surface area contributed by atoms with Gasteiger partial charge >= 0.3 is 0 Å². The molecule has 21 heavy (non-hydrogen) atoms. The average molecular weight is 288 g/mol. The van der Waals surface area contributed by atoms with E-state index >= 15 is 0 Å². The van der Waals surface area contributed by atoms with Gasteiger partial charge < -0.3 is 0 Å². The number of Topliss-reactive ketones (excluding diaryl/α,β-unsaturated/α-hetero) is 1. The Hall–Kier alpha value is -2.03. The van der Waals surface area contributed by atoms with Crippen LogP contribution in [0.2, 0.25) is 0 Å². The summed E-state index contributed by atoms with van der Waals surface area (Å²) in [6.45, 7) is 5.43.